The first-order valence-electron chi connectivity index (χ1n) is 6.38. The third-order valence-corrected chi connectivity index (χ3v) is 3.89. The molecule has 1 saturated heterocycles. The molecule has 2 aromatic rings. The maximum Gasteiger partial charge on any atom is 0.223 e. The van der Waals surface area contributed by atoms with E-state index >= 15 is 0 Å². The van der Waals surface area contributed by atoms with E-state index in [1.807, 2.05) is 13.1 Å². The van der Waals surface area contributed by atoms with Gasteiger partial charge < -0.3 is 9.42 Å². The van der Waals surface area contributed by atoms with Crippen LogP contribution in [0, 0.1) is 6.92 Å². The summed E-state index contributed by atoms with van der Waals surface area (Å²) in [5, 5.41) is 4.03. The molecule has 100 valence electrons. The van der Waals surface area contributed by atoms with E-state index in [9.17, 15) is 0 Å². The second-order valence-electron chi connectivity index (χ2n) is 4.79. The van der Waals surface area contributed by atoms with Crippen molar-refractivity contribution >= 4 is 21.6 Å². The van der Waals surface area contributed by atoms with E-state index in [0.717, 1.165) is 41.9 Å². The first-order valence-corrected chi connectivity index (χ1v) is 7.17. The molecule has 19 heavy (non-hydrogen) atoms. The number of hydrogen-bond donors (Lipinski definition) is 0. The SMILES string of the molecule is Cc1nc(C2CCN(c3cncc(Br)c3)CC2)no1. The largest absolute Gasteiger partial charge is 0.370 e. The van der Waals surface area contributed by atoms with E-state index in [1.54, 1.807) is 6.20 Å². The number of nitrogens with zero attached hydrogens (tertiary/aromatic N) is 4. The van der Waals surface area contributed by atoms with Gasteiger partial charge in [0.2, 0.25) is 5.89 Å². The molecule has 0 saturated carbocycles. The van der Waals surface area contributed by atoms with Crippen molar-refractivity contribution in [1.82, 2.24) is 15.1 Å². The fourth-order valence-corrected chi connectivity index (χ4v) is 2.80. The number of piperidine rings is 1. The zero-order valence-electron chi connectivity index (χ0n) is 10.7. The molecular weight excluding hydrogens is 308 g/mol. The molecule has 3 rings (SSSR count). The summed E-state index contributed by atoms with van der Waals surface area (Å²) in [7, 11) is 0. The van der Waals surface area contributed by atoms with Gasteiger partial charge >= 0.3 is 0 Å². The molecule has 0 amide bonds. The Morgan fingerprint density at radius 3 is 2.74 bits per heavy atom. The molecule has 0 unspecified atom stereocenters. The number of halogens is 1. The zero-order valence-corrected chi connectivity index (χ0v) is 12.3. The van der Waals surface area contributed by atoms with E-state index in [1.165, 1.54) is 0 Å². The summed E-state index contributed by atoms with van der Waals surface area (Å²) in [5.41, 5.74) is 1.16. The van der Waals surface area contributed by atoms with Crippen LogP contribution in [0.25, 0.3) is 0 Å². The summed E-state index contributed by atoms with van der Waals surface area (Å²) in [6.07, 6.45) is 5.80. The van der Waals surface area contributed by atoms with Crippen LogP contribution in [0.15, 0.2) is 27.5 Å². The Labute approximate surface area is 120 Å². The van der Waals surface area contributed by atoms with Crippen LogP contribution in [0.4, 0.5) is 5.69 Å². The van der Waals surface area contributed by atoms with E-state index in [4.69, 9.17) is 4.52 Å². The van der Waals surface area contributed by atoms with E-state index in [-0.39, 0.29) is 0 Å². The van der Waals surface area contributed by atoms with Crippen molar-refractivity contribution in [2.75, 3.05) is 18.0 Å². The van der Waals surface area contributed by atoms with Crippen molar-refractivity contribution in [3.8, 4) is 0 Å². The van der Waals surface area contributed by atoms with Gasteiger partial charge in [0, 0.05) is 36.6 Å². The molecule has 0 radical (unpaired) electrons. The van der Waals surface area contributed by atoms with Gasteiger partial charge in [-0.05, 0) is 34.8 Å². The highest BCUT2D eigenvalue weighted by Gasteiger charge is 2.24. The zero-order chi connectivity index (χ0) is 13.2. The predicted octanol–water partition coefficient (Wildman–Crippen LogP) is 2.92. The molecule has 0 atom stereocenters. The first-order chi connectivity index (χ1) is 9.22. The number of aromatic nitrogens is 3. The van der Waals surface area contributed by atoms with Crippen LogP contribution >= 0.6 is 15.9 Å². The van der Waals surface area contributed by atoms with Crippen LogP contribution in [0.1, 0.15) is 30.5 Å². The van der Waals surface area contributed by atoms with Gasteiger partial charge in [0.05, 0.1) is 11.9 Å². The third-order valence-electron chi connectivity index (χ3n) is 3.46. The average Bonchev–Trinajstić information content (AvgIpc) is 2.86. The second kappa shape index (κ2) is 5.28. The Hall–Kier alpha value is -1.43. The molecular formula is C13H15BrN4O. The highest BCUT2D eigenvalue weighted by Crippen LogP contribution is 2.29. The maximum absolute atomic E-state index is 5.05. The molecule has 6 heteroatoms. The summed E-state index contributed by atoms with van der Waals surface area (Å²) in [6.45, 7) is 3.82. The Morgan fingerprint density at radius 1 is 1.32 bits per heavy atom. The molecule has 1 aliphatic rings. The number of aryl methyl sites for hydroxylation is 1. The fourth-order valence-electron chi connectivity index (χ4n) is 2.45. The molecule has 0 aliphatic carbocycles. The second-order valence-corrected chi connectivity index (χ2v) is 5.71. The van der Waals surface area contributed by atoms with Gasteiger partial charge in [-0.1, -0.05) is 5.16 Å². The number of anilines is 1. The van der Waals surface area contributed by atoms with Crippen molar-refractivity contribution in [1.29, 1.82) is 0 Å². The van der Waals surface area contributed by atoms with Crippen LogP contribution < -0.4 is 4.90 Å². The molecule has 0 aromatic carbocycles. The van der Waals surface area contributed by atoms with Gasteiger partial charge in [0.15, 0.2) is 5.82 Å². The molecule has 1 fully saturated rings. The van der Waals surface area contributed by atoms with E-state index in [0.29, 0.717) is 11.8 Å². The molecule has 5 nitrogen and oxygen atoms in total. The van der Waals surface area contributed by atoms with E-state index < -0.39 is 0 Å². The third kappa shape index (κ3) is 2.78. The lowest BCUT2D eigenvalue weighted by molar-refractivity contribution is 0.375. The van der Waals surface area contributed by atoms with Gasteiger partial charge in [0.1, 0.15) is 0 Å². The molecule has 2 aromatic heterocycles. The highest BCUT2D eigenvalue weighted by atomic mass is 79.9. The quantitative estimate of drug-likeness (QED) is 0.850. The normalized spacial score (nSPS) is 16.8. The van der Waals surface area contributed by atoms with Gasteiger partial charge in [-0.2, -0.15) is 4.98 Å². The number of rotatable bonds is 2. The van der Waals surface area contributed by atoms with Crippen molar-refractivity contribution in [3.63, 3.8) is 0 Å². The van der Waals surface area contributed by atoms with E-state index in [2.05, 4.69) is 42.0 Å². The van der Waals surface area contributed by atoms with Crippen LogP contribution in [0.2, 0.25) is 0 Å². The minimum absolute atomic E-state index is 0.411. The van der Waals surface area contributed by atoms with Crippen molar-refractivity contribution in [2.45, 2.75) is 25.7 Å². The average molecular weight is 323 g/mol. The Balaban J connectivity index is 1.66. The Kier molecular flexibility index (Phi) is 3.50. The van der Waals surface area contributed by atoms with Gasteiger partial charge in [-0.25, -0.2) is 0 Å². The molecule has 0 N–H and O–H groups in total. The molecule has 3 heterocycles. The first kappa shape index (κ1) is 12.6. The summed E-state index contributed by atoms with van der Waals surface area (Å²) in [6, 6.07) is 2.10. The number of hydrogen-bond acceptors (Lipinski definition) is 5. The summed E-state index contributed by atoms with van der Waals surface area (Å²) in [4.78, 5) is 10.9. The fraction of sp³-hybridized carbons (Fsp3) is 0.462. The summed E-state index contributed by atoms with van der Waals surface area (Å²) < 4.78 is 6.07. The Morgan fingerprint density at radius 2 is 2.11 bits per heavy atom. The number of pyridine rings is 1. The predicted molar refractivity (Wildman–Crippen MR) is 75.2 cm³/mol. The van der Waals surface area contributed by atoms with Crippen LogP contribution in [-0.4, -0.2) is 28.2 Å². The van der Waals surface area contributed by atoms with Gasteiger partial charge in [-0.3, -0.25) is 4.98 Å². The standard InChI is InChI=1S/C13H15BrN4O/c1-9-16-13(17-19-9)10-2-4-18(5-3-10)12-6-11(14)7-15-8-12/h6-8,10H,2-5H2,1H3. The van der Waals surface area contributed by atoms with Crippen LogP contribution in [-0.2, 0) is 0 Å². The lowest BCUT2D eigenvalue weighted by atomic mass is 9.96. The monoisotopic (exact) mass is 322 g/mol. The minimum Gasteiger partial charge on any atom is -0.370 e. The Bertz CT molecular complexity index is 563. The summed E-state index contributed by atoms with van der Waals surface area (Å²) >= 11 is 3.46. The lowest BCUT2D eigenvalue weighted by Gasteiger charge is -2.32. The maximum atomic E-state index is 5.05. The van der Waals surface area contributed by atoms with Gasteiger partial charge in [-0.15, -0.1) is 0 Å². The lowest BCUT2D eigenvalue weighted by Crippen LogP contribution is -2.33. The summed E-state index contributed by atoms with van der Waals surface area (Å²) in [5.74, 6) is 1.91. The van der Waals surface area contributed by atoms with Crippen LogP contribution in [0.3, 0.4) is 0 Å². The molecule has 1 aliphatic heterocycles. The smallest absolute Gasteiger partial charge is 0.223 e. The highest BCUT2D eigenvalue weighted by molar-refractivity contribution is 9.10. The minimum atomic E-state index is 0.411. The topological polar surface area (TPSA) is 55.1 Å². The molecule has 0 bridgehead atoms. The van der Waals surface area contributed by atoms with Crippen molar-refractivity contribution in [2.24, 2.45) is 0 Å². The van der Waals surface area contributed by atoms with Crippen molar-refractivity contribution in [3.05, 3.63) is 34.6 Å². The van der Waals surface area contributed by atoms with Crippen LogP contribution in [0.5, 0.6) is 0 Å². The molecule has 0 spiro atoms. The van der Waals surface area contributed by atoms with Gasteiger partial charge in [0.25, 0.3) is 0 Å². The van der Waals surface area contributed by atoms with Crippen molar-refractivity contribution < 1.29 is 4.52 Å².